The molecule has 2 rings (SSSR count). The Kier molecular flexibility index (Phi) is 9.78. The average molecular weight is 496 g/mol. The number of hydrogen-bond donors (Lipinski definition) is 2. The molecule has 144 valence electrons. The molecular weight excluding hydrogens is 473 g/mol. The summed E-state index contributed by atoms with van der Waals surface area (Å²) in [6.07, 6.45) is 0.787. The second-order valence-corrected chi connectivity index (χ2v) is 6.51. The summed E-state index contributed by atoms with van der Waals surface area (Å²) in [5, 5.41) is 9.38. The zero-order valence-corrected chi connectivity index (χ0v) is 18.0. The highest BCUT2D eigenvalue weighted by Gasteiger charge is 2.10. The predicted octanol–water partition coefficient (Wildman–Crippen LogP) is 3.89. The van der Waals surface area contributed by atoms with Gasteiger partial charge in [-0.05, 0) is 19.9 Å². The maximum absolute atomic E-state index is 12.5. The Morgan fingerprint density at radius 3 is 2.69 bits per heavy atom. The van der Waals surface area contributed by atoms with Gasteiger partial charge in [0.1, 0.15) is 5.75 Å². The van der Waals surface area contributed by atoms with Crippen molar-refractivity contribution in [1.82, 2.24) is 15.6 Å². The molecule has 0 saturated carbocycles. The first kappa shape index (κ1) is 22.6. The largest absolute Gasteiger partial charge is 0.434 e. The Balaban J connectivity index is 0.00000338. The van der Waals surface area contributed by atoms with Crippen LogP contribution in [0.4, 0.5) is 8.78 Å². The first-order valence-electron chi connectivity index (χ1n) is 7.88. The summed E-state index contributed by atoms with van der Waals surface area (Å²) < 4.78 is 29.6. The molecule has 0 aliphatic rings. The van der Waals surface area contributed by atoms with Crippen molar-refractivity contribution in [3.05, 3.63) is 45.4 Å². The van der Waals surface area contributed by atoms with Crippen molar-refractivity contribution in [2.45, 2.75) is 33.4 Å². The number of aliphatic imine (C=N–C) groups is 1. The van der Waals surface area contributed by atoms with Gasteiger partial charge in [-0.1, -0.05) is 17.7 Å². The van der Waals surface area contributed by atoms with E-state index in [2.05, 4.69) is 25.3 Å². The molecule has 0 atom stereocenters. The quantitative estimate of drug-likeness (QED) is 0.347. The molecule has 0 aliphatic heterocycles. The standard InChI is InChI=1S/C17H22F2N4OS.HI/c1-11-4-5-15(24-16(18)19)13(8-11)9-22-17(20-3)21-7-6-14-10-25-12(2)23-14;/h4-5,8,10,16H,6-7,9H2,1-3H3,(H2,20,21,22);1H. The molecule has 0 spiro atoms. The van der Waals surface area contributed by atoms with Gasteiger partial charge in [-0.2, -0.15) is 8.78 Å². The molecule has 0 saturated heterocycles. The van der Waals surface area contributed by atoms with Crippen LogP contribution in [-0.2, 0) is 13.0 Å². The number of hydrogen-bond acceptors (Lipinski definition) is 4. The molecule has 0 fully saturated rings. The monoisotopic (exact) mass is 496 g/mol. The molecule has 0 amide bonds. The van der Waals surface area contributed by atoms with Crippen molar-refractivity contribution in [2.75, 3.05) is 13.6 Å². The van der Waals surface area contributed by atoms with Crippen LogP contribution >= 0.6 is 35.3 Å². The number of rotatable bonds is 7. The Bertz CT molecular complexity index is 725. The smallest absolute Gasteiger partial charge is 0.387 e. The lowest BCUT2D eigenvalue weighted by atomic mass is 10.1. The van der Waals surface area contributed by atoms with Gasteiger partial charge in [-0.25, -0.2) is 4.98 Å². The summed E-state index contributed by atoms with van der Waals surface area (Å²) >= 11 is 1.62. The highest BCUT2D eigenvalue weighted by atomic mass is 127. The highest BCUT2D eigenvalue weighted by Crippen LogP contribution is 2.21. The van der Waals surface area contributed by atoms with Crippen molar-refractivity contribution >= 4 is 41.3 Å². The molecule has 5 nitrogen and oxygen atoms in total. The lowest BCUT2D eigenvalue weighted by Crippen LogP contribution is -2.38. The van der Waals surface area contributed by atoms with Crippen molar-refractivity contribution < 1.29 is 13.5 Å². The number of nitrogens with one attached hydrogen (secondary N) is 2. The minimum Gasteiger partial charge on any atom is -0.434 e. The number of nitrogens with zero attached hydrogens (tertiary/aromatic N) is 2. The van der Waals surface area contributed by atoms with E-state index in [0.717, 1.165) is 22.7 Å². The fourth-order valence-corrected chi connectivity index (χ4v) is 2.94. The third-order valence-electron chi connectivity index (χ3n) is 3.44. The van der Waals surface area contributed by atoms with Gasteiger partial charge in [0.15, 0.2) is 5.96 Å². The van der Waals surface area contributed by atoms with Gasteiger partial charge in [0, 0.05) is 37.5 Å². The summed E-state index contributed by atoms with van der Waals surface area (Å²) in [4.78, 5) is 8.55. The molecular formula is C17H23F2IN4OS. The van der Waals surface area contributed by atoms with Gasteiger partial charge in [0.2, 0.25) is 0 Å². The molecule has 2 aromatic rings. The summed E-state index contributed by atoms with van der Waals surface area (Å²) in [5.74, 6) is 0.762. The van der Waals surface area contributed by atoms with Crippen molar-refractivity contribution in [1.29, 1.82) is 0 Å². The maximum atomic E-state index is 12.5. The minimum atomic E-state index is -2.85. The molecule has 0 aliphatic carbocycles. The van der Waals surface area contributed by atoms with Crippen LogP contribution in [0.25, 0.3) is 0 Å². The summed E-state index contributed by atoms with van der Waals surface area (Å²) in [6, 6.07) is 5.11. The topological polar surface area (TPSA) is 58.5 Å². The van der Waals surface area contributed by atoms with Crippen LogP contribution in [-0.4, -0.2) is 31.1 Å². The van der Waals surface area contributed by atoms with Crippen LogP contribution in [0.5, 0.6) is 5.75 Å². The van der Waals surface area contributed by atoms with E-state index in [1.54, 1.807) is 30.5 Å². The lowest BCUT2D eigenvalue weighted by Gasteiger charge is -2.15. The number of guanidine groups is 1. The van der Waals surface area contributed by atoms with E-state index in [4.69, 9.17) is 0 Å². The summed E-state index contributed by atoms with van der Waals surface area (Å²) in [6.45, 7) is 2.04. The Morgan fingerprint density at radius 2 is 2.08 bits per heavy atom. The molecule has 0 radical (unpaired) electrons. The van der Waals surface area contributed by atoms with Crippen molar-refractivity contribution in [2.24, 2.45) is 4.99 Å². The molecule has 9 heteroatoms. The normalized spacial score (nSPS) is 11.2. The van der Waals surface area contributed by atoms with Crippen LogP contribution < -0.4 is 15.4 Å². The fourth-order valence-electron chi connectivity index (χ4n) is 2.29. The van der Waals surface area contributed by atoms with Gasteiger partial charge in [0.05, 0.1) is 10.7 Å². The Labute approximate surface area is 173 Å². The van der Waals surface area contributed by atoms with Gasteiger partial charge in [-0.3, -0.25) is 4.99 Å². The Morgan fingerprint density at radius 1 is 1.31 bits per heavy atom. The fraction of sp³-hybridized carbons (Fsp3) is 0.412. The third-order valence-corrected chi connectivity index (χ3v) is 4.26. The van der Waals surface area contributed by atoms with E-state index in [-0.39, 0.29) is 29.7 Å². The van der Waals surface area contributed by atoms with E-state index in [1.165, 1.54) is 0 Å². The Hall–Kier alpha value is -1.49. The molecule has 1 heterocycles. The van der Waals surface area contributed by atoms with Crippen LogP contribution in [0.15, 0.2) is 28.6 Å². The number of aromatic nitrogens is 1. The van der Waals surface area contributed by atoms with Crippen LogP contribution in [0, 0.1) is 13.8 Å². The maximum Gasteiger partial charge on any atom is 0.387 e. The third kappa shape index (κ3) is 7.40. The number of alkyl halides is 2. The number of ether oxygens (including phenoxy) is 1. The number of aryl methyl sites for hydroxylation is 2. The molecule has 1 aromatic heterocycles. The molecule has 0 unspecified atom stereocenters. The zero-order valence-electron chi connectivity index (χ0n) is 14.9. The highest BCUT2D eigenvalue weighted by molar-refractivity contribution is 14.0. The van der Waals surface area contributed by atoms with E-state index in [1.807, 2.05) is 25.3 Å². The van der Waals surface area contributed by atoms with Crippen LogP contribution in [0.3, 0.4) is 0 Å². The minimum absolute atomic E-state index is 0. The molecule has 2 N–H and O–H groups in total. The second-order valence-electron chi connectivity index (χ2n) is 5.45. The SMILES string of the molecule is CN=C(NCCc1csc(C)n1)NCc1cc(C)ccc1OC(F)F.I. The van der Waals surface area contributed by atoms with Gasteiger partial charge in [-0.15, -0.1) is 35.3 Å². The zero-order chi connectivity index (χ0) is 18.2. The number of thiazole rings is 1. The summed E-state index contributed by atoms with van der Waals surface area (Å²) in [5.41, 5.74) is 2.66. The number of benzene rings is 1. The lowest BCUT2D eigenvalue weighted by molar-refractivity contribution is -0.0504. The van der Waals surface area contributed by atoms with Crippen LogP contribution in [0.1, 0.15) is 21.8 Å². The second kappa shape index (κ2) is 11.3. The van der Waals surface area contributed by atoms with Gasteiger partial charge < -0.3 is 15.4 Å². The molecule has 26 heavy (non-hydrogen) atoms. The van der Waals surface area contributed by atoms with E-state index >= 15 is 0 Å². The first-order valence-corrected chi connectivity index (χ1v) is 8.75. The number of halogens is 3. The molecule has 0 bridgehead atoms. The predicted molar refractivity (Wildman–Crippen MR) is 112 cm³/mol. The van der Waals surface area contributed by atoms with E-state index in [0.29, 0.717) is 24.6 Å². The van der Waals surface area contributed by atoms with Gasteiger partial charge >= 0.3 is 6.61 Å². The van der Waals surface area contributed by atoms with Crippen molar-refractivity contribution in [3.63, 3.8) is 0 Å². The molecule has 1 aromatic carbocycles. The van der Waals surface area contributed by atoms with E-state index < -0.39 is 6.61 Å². The van der Waals surface area contributed by atoms with Crippen molar-refractivity contribution in [3.8, 4) is 5.75 Å². The van der Waals surface area contributed by atoms with Crippen LogP contribution in [0.2, 0.25) is 0 Å². The summed E-state index contributed by atoms with van der Waals surface area (Å²) in [7, 11) is 1.66. The van der Waals surface area contributed by atoms with E-state index in [9.17, 15) is 8.78 Å². The average Bonchev–Trinajstić information content (AvgIpc) is 2.98. The van der Waals surface area contributed by atoms with Gasteiger partial charge in [0.25, 0.3) is 0 Å². The first-order chi connectivity index (χ1) is 12.0.